The Bertz CT molecular complexity index is 256. The van der Waals surface area contributed by atoms with Crippen LogP contribution >= 0.6 is 0 Å². The molecule has 2 aliphatic rings. The van der Waals surface area contributed by atoms with Gasteiger partial charge in [0.25, 0.3) is 5.91 Å². The number of carbonyl (C=O) groups is 1. The molecule has 11 heavy (non-hydrogen) atoms. The second-order valence-corrected chi connectivity index (χ2v) is 2.58. The van der Waals surface area contributed by atoms with Crippen LogP contribution in [-0.4, -0.2) is 29.5 Å². The Morgan fingerprint density at radius 3 is 3.27 bits per heavy atom. The van der Waals surface area contributed by atoms with Crippen molar-refractivity contribution in [3.8, 4) is 0 Å². The standard InChI is InChI=1S/C7H9N3O/c1-9-4-2-6-8-7(11)3-5-10(6)9/h2-3,5H,4H2,1H3,(H,8,11). The topological polar surface area (TPSA) is 35.6 Å². The summed E-state index contributed by atoms with van der Waals surface area (Å²) in [6, 6.07) is 0. The second kappa shape index (κ2) is 2.10. The van der Waals surface area contributed by atoms with Gasteiger partial charge >= 0.3 is 0 Å². The molecule has 1 amide bonds. The van der Waals surface area contributed by atoms with Gasteiger partial charge in [0.1, 0.15) is 5.82 Å². The average molecular weight is 151 g/mol. The van der Waals surface area contributed by atoms with Gasteiger partial charge in [0.2, 0.25) is 0 Å². The molecule has 0 saturated heterocycles. The maximum atomic E-state index is 10.8. The Balaban J connectivity index is 2.29. The number of rotatable bonds is 0. The minimum atomic E-state index is -0.0530. The van der Waals surface area contributed by atoms with Crippen molar-refractivity contribution >= 4 is 5.91 Å². The summed E-state index contributed by atoms with van der Waals surface area (Å²) in [7, 11) is 1.96. The summed E-state index contributed by atoms with van der Waals surface area (Å²) < 4.78 is 0. The molecule has 0 atom stereocenters. The van der Waals surface area contributed by atoms with E-state index in [0.29, 0.717) is 0 Å². The molecule has 1 N–H and O–H groups in total. The van der Waals surface area contributed by atoms with Crippen molar-refractivity contribution in [2.45, 2.75) is 0 Å². The van der Waals surface area contributed by atoms with Crippen molar-refractivity contribution in [1.82, 2.24) is 15.3 Å². The average Bonchev–Trinajstić information content (AvgIpc) is 2.32. The van der Waals surface area contributed by atoms with Crippen molar-refractivity contribution in [2.75, 3.05) is 13.6 Å². The third-order valence-corrected chi connectivity index (χ3v) is 1.78. The molecule has 0 radical (unpaired) electrons. The lowest BCUT2D eigenvalue weighted by Gasteiger charge is -2.27. The third-order valence-electron chi connectivity index (χ3n) is 1.78. The van der Waals surface area contributed by atoms with Crippen LogP contribution < -0.4 is 5.32 Å². The molecule has 58 valence electrons. The van der Waals surface area contributed by atoms with Crippen molar-refractivity contribution < 1.29 is 4.79 Å². The van der Waals surface area contributed by atoms with Crippen LogP contribution in [-0.2, 0) is 4.79 Å². The van der Waals surface area contributed by atoms with E-state index in [1.807, 2.05) is 23.1 Å². The Morgan fingerprint density at radius 1 is 1.64 bits per heavy atom. The lowest BCUT2D eigenvalue weighted by atomic mass is 10.4. The van der Waals surface area contributed by atoms with E-state index >= 15 is 0 Å². The lowest BCUT2D eigenvalue weighted by Crippen LogP contribution is -2.39. The van der Waals surface area contributed by atoms with Crippen LogP contribution in [0.15, 0.2) is 24.2 Å². The van der Waals surface area contributed by atoms with Gasteiger partial charge in [0, 0.05) is 25.9 Å². The molecule has 4 heteroatoms. The smallest absolute Gasteiger partial charge is 0.251 e. The molecule has 4 nitrogen and oxygen atoms in total. The van der Waals surface area contributed by atoms with Gasteiger partial charge in [-0.05, 0) is 6.08 Å². The number of nitrogens with zero attached hydrogens (tertiary/aromatic N) is 2. The van der Waals surface area contributed by atoms with E-state index < -0.39 is 0 Å². The number of hydrogen-bond acceptors (Lipinski definition) is 3. The van der Waals surface area contributed by atoms with Gasteiger partial charge in [0.15, 0.2) is 0 Å². The molecule has 2 heterocycles. The van der Waals surface area contributed by atoms with Crippen molar-refractivity contribution in [2.24, 2.45) is 0 Å². The molecule has 2 rings (SSSR count). The monoisotopic (exact) mass is 151 g/mol. The Hall–Kier alpha value is -1.29. The fraction of sp³-hybridized carbons (Fsp3) is 0.286. The van der Waals surface area contributed by atoms with E-state index in [4.69, 9.17) is 0 Å². The van der Waals surface area contributed by atoms with E-state index in [0.717, 1.165) is 12.4 Å². The minimum absolute atomic E-state index is 0.0530. The first-order chi connectivity index (χ1) is 5.27. The van der Waals surface area contributed by atoms with Crippen LogP contribution in [0, 0.1) is 0 Å². The summed E-state index contributed by atoms with van der Waals surface area (Å²) in [6.07, 6.45) is 5.25. The maximum absolute atomic E-state index is 10.8. The van der Waals surface area contributed by atoms with Crippen LogP contribution in [0.1, 0.15) is 0 Å². The van der Waals surface area contributed by atoms with Gasteiger partial charge in [0.05, 0.1) is 0 Å². The minimum Gasteiger partial charge on any atom is -0.308 e. The van der Waals surface area contributed by atoms with Crippen LogP contribution in [0.5, 0.6) is 0 Å². The maximum Gasteiger partial charge on any atom is 0.251 e. The molecule has 0 fully saturated rings. The quantitative estimate of drug-likeness (QED) is 0.513. The van der Waals surface area contributed by atoms with Gasteiger partial charge < -0.3 is 5.32 Å². The summed E-state index contributed by atoms with van der Waals surface area (Å²) in [5.74, 6) is 0.808. The SMILES string of the molecule is CN1CC=C2NC(=O)C=CN21. The van der Waals surface area contributed by atoms with Gasteiger partial charge in [-0.15, -0.1) is 0 Å². The highest BCUT2D eigenvalue weighted by molar-refractivity contribution is 5.89. The number of amides is 1. The summed E-state index contributed by atoms with van der Waals surface area (Å²) in [4.78, 5) is 10.8. The highest BCUT2D eigenvalue weighted by atomic mass is 16.1. The summed E-state index contributed by atoms with van der Waals surface area (Å²) >= 11 is 0. The summed E-state index contributed by atoms with van der Waals surface area (Å²) in [6.45, 7) is 0.847. The number of fused-ring (bicyclic) bond motifs is 1. The molecule has 0 spiro atoms. The third kappa shape index (κ3) is 0.914. The molecule has 0 bridgehead atoms. The highest BCUT2D eigenvalue weighted by Gasteiger charge is 2.22. The molecule has 2 aliphatic heterocycles. The van der Waals surface area contributed by atoms with Crippen molar-refractivity contribution in [3.05, 3.63) is 24.2 Å². The first kappa shape index (κ1) is 6.42. The van der Waals surface area contributed by atoms with Crippen molar-refractivity contribution in [1.29, 1.82) is 0 Å². The first-order valence-corrected chi connectivity index (χ1v) is 3.47. The number of hydrazine groups is 1. The Morgan fingerprint density at radius 2 is 2.45 bits per heavy atom. The predicted molar refractivity (Wildman–Crippen MR) is 39.8 cm³/mol. The second-order valence-electron chi connectivity index (χ2n) is 2.58. The molecular weight excluding hydrogens is 142 g/mol. The van der Waals surface area contributed by atoms with Crippen LogP contribution in [0.4, 0.5) is 0 Å². The van der Waals surface area contributed by atoms with Gasteiger partial charge in [-0.25, -0.2) is 5.01 Å². The molecule has 0 aromatic rings. The fourth-order valence-electron chi connectivity index (χ4n) is 1.19. The largest absolute Gasteiger partial charge is 0.308 e. The summed E-state index contributed by atoms with van der Waals surface area (Å²) in [5, 5.41) is 6.64. The highest BCUT2D eigenvalue weighted by Crippen LogP contribution is 2.15. The molecule has 0 aromatic carbocycles. The van der Waals surface area contributed by atoms with Gasteiger partial charge in [-0.2, -0.15) is 0 Å². The van der Waals surface area contributed by atoms with Gasteiger partial charge in [-0.3, -0.25) is 9.80 Å². The zero-order valence-corrected chi connectivity index (χ0v) is 6.24. The zero-order valence-electron chi connectivity index (χ0n) is 6.24. The van der Waals surface area contributed by atoms with E-state index in [1.54, 1.807) is 6.20 Å². The Kier molecular flexibility index (Phi) is 1.22. The number of likely N-dealkylation sites (N-methyl/N-ethyl adjacent to an activating group) is 1. The number of nitrogens with one attached hydrogen (secondary N) is 1. The van der Waals surface area contributed by atoms with E-state index in [1.165, 1.54) is 6.08 Å². The van der Waals surface area contributed by atoms with Crippen LogP contribution in [0.2, 0.25) is 0 Å². The zero-order chi connectivity index (χ0) is 7.84. The molecule has 0 unspecified atom stereocenters. The number of carbonyl (C=O) groups excluding carboxylic acids is 1. The summed E-state index contributed by atoms with van der Waals surface area (Å²) in [5.41, 5.74) is 0. The van der Waals surface area contributed by atoms with E-state index in [9.17, 15) is 4.79 Å². The fourth-order valence-corrected chi connectivity index (χ4v) is 1.19. The molecule has 0 aliphatic carbocycles. The number of hydrogen-bond donors (Lipinski definition) is 1. The molecular formula is C7H9N3O. The van der Waals surface area contributed by atoms with Crippen LogP contribution in [0.25, 0.3) is 0 Å². The molecule has 0 saturated carbocycles. The van der Waals surface area contributed by atoms with Crippen LogP contribution in [0.3, 0.4) is 0 Å². The lowest BCUT2D eigenvalue weighted by molar-refractivity contribution is -0.117. The molecule has 0 aromatic heterocycles. The normalized spacial score (nSPS) is 23.2. The Labute approximate surface area is 64.7 Å². The van der Waals surface area contributed by atoms with E-state index in [-0.39, 0.29) is 5.91 Å². The first-order valence-electron chi connectivity index (χ1n) is 3.47. The van der Waals surface area contributed by atoms with Gasteiger partial charge in [-0.1, -0.05) is 0 Å². The van der Waals surface area contributed by atoms with Crippen molar-refractivity contribution in [3.63, 3.8) is 0 Å². The van der Waals surface area contributed by atoms with E-state index in [2.05, 4.69) is 5.32 Å². The predicted octanol–water partition coefficient (Wildman–Crippen LogP) is -0.366.